The minimum absolute atomic E-state index is 0.315. The summed E-state index contributed by atoms with van der Waals surface area (Å²) in [4.78, 5) is 2.50. The SMILES string of the molecule is COCc1cccc(CN2CCC(C(C)N)C2)c1. The lowest BCUT2D eigenvalue weighted by atomic mass is 10.0. The van der Waals surface area contributed by atoms with Crippen molar-refractivity contribution in [1.82, 2.24) is 4.90 Å². The van der Waals surface area contributed by atoms with E-state index in [-0.39, 0.29) is 0 Å². The summed E-state index contributed by atoms with van der Waals surface area (Å²) in [6.45, 7) is 6.14. The van der Waals surface area contributed by atoms with Crippen LogP contribution in [0.5, 0.6) is 0 Å². The molecule has 3 heteroatoms. The Morgan fingerprint density at radius 3 is 2.89 bits per heavy atom. The maximum absolute atomic E-state index is 5.97. The number of hydrogen-bond donors (Lipinski definition) is 1. The third-order valence-electron chi connectivity index (χ3n) is 3.76. The van der Waals surface area contributed by atoms with E-state index in [1.807, 2.05) is 0 Å². The van der Waals surface area contributed by atoms with Gasteiger partial charge in [-0.3, -0.25) is 4.90 Å². The van der Waals surface area contributed by atoms with E-state index in [0.29, 0.717) is 18.6 Å². The topological polar surface area (TPSA) is 38.5 Å². The van der Waals surface area contributed by atoms with Crippen LogP contribution in [0.25, 0.3) is 0 Å². The molecule has 100 valence electrons. The average molecular weight is 248 g/mol. The van der Waals surface area contributed by atoms with E-state index < -0.39 is 0 Å². The summed E-state index contributed by atoms with van der Waals surface area (Å²) in [5.41, 5.74) is 8.59. The number of methoxy groups -OCH3 is 1. The molecule has 0 aromatic heterocycles. The summed E-state index contributed by atoms with van der Waals surface area (Å²) in [6.07, 6.45) is 1.23. The molecule has 1 saturated heterocycles. The van der Waals surface area contributed by atoms with Crippen LogP contribution in [-0.2, 0) is 17.9 Å². The van der Waals surface area contributed by atoms with Crippen molar-refractivity contribution in [3.8, 4) is 0 Å². The first kappa shape index (κ1) is 13.5. The molecule has 3 nitrogen and oxygen atoms in total. The van der Waals surface area contributed by atoms with Gasteiger partial charge < -0.3 is 10.5 Å². The van der Waals surface area contributed by atoms with Crippen molar-refractivity contribution in [2.24, 2.45) is 11.7 Å². The quantitative estimate of drug-likeness (QED) is 0.866. The van der Waals surface area contributed by atoms with Gasteiger partial charge in [-0.15, -0.1) is 0 Å². The van der Waals surface area contributed by atoms with Crippen LogP contribution >= 0.6 is 0 Å². The molecule has 2 N–H and O–H groups in total. The maximum Gasteiger partial charge on any atom is 0.0713 e. The summed E-state index contributed by atoms with van der Waals surface area (Å²) in [7, 11) is 1.74. The molecule has 0 saturated carbocycles. The van der Waals surface area contributed by atoms with E-state index in [4.69, 9.17) is 10.5 Å². The molecule has 1 aromatic carbocycles. The summed E-state index contributed by atoms with van der Waals surface area (Å²) in [6, 6.07) is 8.97. The first-order valence-electron chi connectivity index (χ1n) is 6.73. The molecule has 1 aliphatic heterocycles. The van der Waals surface area contributed by atoms with E-state index in [9.17, 15) is 0 Å². The van der Waals surface area contributed by atoms with E-state index >= 15 is 0 Å². The van der Waals surface area contributed by atoms with Crippen LogP contribution in [0, 0.1) is 5.92 Å². The van der Waals surface area contributed by atoms with Gasteiger partial charge in [0.1, 0.15) is 0 Å². The highest BCUT2D eigenvalue weighted by molar-refractivity contribution is 5.23. The van der Waals surface area contributed by atoms with Crippen molar-refractivity contribution in [2.75, 3.05) is 20.2 Å². The molecular weight excluding hydrogens is 224 g/mol. The monoisotopic (exact) mass is 248 g/mol. The van der Waals surface area contributed by atoms with Gasteiger partial charge in [0.25, 0.3) is 0 Å². The minimum Gasteiger partial charge on any atom is -0.380 e. The highest BCUT2D eigenvalue weighted by Gasteiger charge is 2.24. The summed E-state index contributed by atoms with van der Waals surface area (Å²) < 4.78 is 5.17. The Labute approximate surface area is 110 Å². The molecule has 1 heterocycles. The molecule has 0 radical (unpaired) electrons. The van der Waals surface area contributed by atoms with Crippen LogP contribution < -0.4 is 5.73 Å². The van der Waals surface area contributed by atoms with Gasteiger partial charge in [-0.25, -0.2) is 0 Å². The largest absolute Gasteiger partial charge is 0.380 e. The first-order valence-corrected chi connectivity index (χ1v) is 6.73. The molecule has 1 aliphatic rings. The van der Waals surface area contributed by atoms with Crippen molar-refractivity contribution < 1.29 is 4.74 Å². The zero-order chi connectivity index (χ0) is 13.0. The molecule has 2 atom stereocenters. The Bertz CT molecular complexity index is 379. The summed E-state index contributed by atoms with van der Waals surface area (Å²) >= 11 is 0. The second kappa shape index (κ2) is 6.32. The summed E-state index contributed by atoms with van der Waals surface area (Å²) in [5, 5.41) is 0. The molecule has 18 heavy (non-hydrogen) atoms. The fourth-order valence-corrected chi connectivity index (χ4v) is 2.68. The molecular formula is C15H24N2O. The van der Waals surface area contributed by atoms with Crippen molar-refractivity contribution in [3.05, 3.63) is 35.4 Å². The number of rotatable bonds is 5. The van der Waals surface area contributed by atoms with E-state index in [1.165, 1.54) is 24.1 Å². The van der Waals surface area contributed by atoms with Gasteiger partial charge in [-0.1, -0.05) is 24.3 Å². The van der Waals surface area contributed by atoms with Crippen molar-refractivity contribution >= 4 is 0 Å². The molecule has 0 spiro atoms. The lowest BCUT2D eigenvalue weighted by Crippen LogP contribution is -2.29. The van der Waals surface area contributed by atoms with Crippen LogP contribution in [0.4, 0.5) is 0 Å². The second-order valence-corrected chi connectivity index (χ2v) is 5.40. The zero-order valence-electron chi connectivity index (χ0n) is 11.4. The highest BCUT2D eigenvalue weighted by atomic mass is 16.5. The van der Waals surface area contributed by atoms with Gasteiger partial charge in [-0.05, 0) is 36.9 Å². The van der Waals surface area contributed by atoms with Crippen LogP contribution in [-0.4, -0.2) is 31.1 Å². The molecule has 0 amide bonds. The second-order valence-electron chi connectivity index (χ2n) is 5.40. The third kappa shape index (κ3) is 3.55. The van der Waals surface area contributed by atoms with E-state index in [2.05, 4.69) is 36.1 Å². The predicted molar refractivity (Wildman–Crippen MR) is 74.2 cm³/mol. The van der Waals surface area contributed by atoms with Crippen molar-refractivity contribution in [3.63, 3.8) is 0 Å². The van der Waals surface area contributed by atoms with Gasteiger partial charge in [0.2, 0.25) is 0 Å². The highest BCUT2D eigenvalue weighted by Crippen LogP contribution is 2.21. The number of likely N-dealkylation sites (tertiary alicyclic amines) is 1. The predicted octanol–water partition coefficient (Wildman–Crippen LogP) is 2.00. The first-order chi connectivity index (χ1) is 8.69. The van der Waals surface area contributed by atoms with Crippen molar-refractivity contribution in [1.29, 1.82) is 0 Å². The van der Waals surface area contributed by atoms with Gasteiger partial charge in [-0.2, -0.15) is 0 Å². The Balaban J connectivity index is 1.92. The smallest absolute Gasteiger partial charge is 0.0713 e. The Hall–Kier alpha value is -0.900. The van der Waals surface area contributed by atoms with Crippen LogP contribution in [0.1, 0.15) is 24.5 Å². The molecule has 2 rings (SSSR count). The Morgan fingerprint density at radius 2 is 2.22 bits per heavy atom. The molecule has 1 fully saturated rings. The molecule has 0 aliphatic carbocycles. The fraction of sp³-hybridized carbons (Fsp3) is 0.600. The fourth-order valence-electron chi connectivity index (χ4n) is 2.68. The van der Waals surface area contributed by atoms with Crippen molar-refractivity contribution in [2.45, 2.75) is 32.5 Å². The standard InChI is InChI=1S/C15H24N2O/c1-12(16)15-6-7-17(10-15)9-13-4-3-5-14(8-13)11-18-2/h3-5,8,12,15H,6-7,9-11,16H2,1-2H3. The molecule has 1 aromatic rings. The normalized spacial score (nSPS) is 22.3. The lowest BCUT2D eigenvalue weighted by Gasteiger charge is -2.18. The summed E-state index contributed by atoms with van der Waals surface area (Å²) in [5.74, 6) is 0.659. The van der Waals surface area contributed by atoms with Gasteiger partial charge in [0.15, 0.2) is 0 Å². The molecule has 2 unspecified atom stereocenters. The zero-order valence-corrected chi connectivity index (χ0v) is 11.4. The van der Waals surface area contributed by atoms with Crippen LogP contribution in [0.2, 0.25) is 0 Å². The van der Waals surface area contributed by atoms with E-state index in [0.717, 1.165) is 13.1 Å². The lowest BCUT2D eigenvalue weighted by molar-refractivity contribution is 0.184. The Kier molecular flexibility index (Phi) is 4.75. The van der Waals surface area contributed by atoms with E-state index in [1.54, 1.807) is 7.11 Å². The third-order valence-corrected chi connectivity index (χ3v) is 3.76. The maximum atomic E-state index is 5.97. The number of nitrogens with zero attached hydrogens (tertiary/aromatic N) is 1. The van der Waals surface area contributed by atoms with Crippen LogP contribution in [0.15, 0.2) is 24.3 Å². The minimum atomic E-state index is 0.315. The number of ether oxygens (including phenoxy) is 1. The number of hydrogen-bond acceptors (Lipinski definition) is 3. The number of nitrogens with two attached hydrogens (primary N) is 1. The van der Waals surface area contributed by atoms with Gasteiger partial charge in [0, 0.05) is 26.2 Å². The van der Waals surface area contributed by atoms with Gasteiger partial charge in [0.05, 0.1) is 6.61 Å². The Morgan fingerprint density at radius 1 is 1.44 bits per heavy atom. The molecule has 0 bridgehead atoms. The average Bonchev–Trinajstić information content (AvgIpc) is 2.78. The van der Waals surface area contributed by atoms with Gasteiger partial charge >= 0.3 is 0 Å². The van der Waals surface area contributed by atoms with Crippen LogP contribution in [0.3, 0.4) is 0 Å². The number of benzene rings is 1.